The molecule has 0 aliphatic carbocycles. The van der Waals surface area contributed by atoms with Gasteiger partial charge in [-0.05, 0) is 30.0 Å². The second kappa shape index (κ2) is 8.62. The highest BCUT2D eigenvalue weighted by molar-refractivity contribution is 6.00. The SMILES string of the molecule is C[C@H](OC(=O)CNC(=O)c1ccccc1)C(=O)c1ccc(C(C)(C)C)cc1. The van der Waals surface area contributed by atoms with Crippen LogP contribution >= 0.6 is 0 Å². The van der Waals surface area contributed by atoms with Crippen LogP contribution in [0.15, 0.2) is 54.6 Å². The topological polar surface area (TPSA) is 72.5 Å². The van der Waals surface area contributed by atoms with Gasteiger partial charge in [0.2, 0.25) is 5.78 Å². The Labute approximate surface area is 159 Å². The van der Waals surface area contributed by atoms with E-state index in [0.29, 0.717) is 11.1 Å². The van der Waals surface area contributed by atoms with Crippen LogP contribution in [0.4, 0.5) is 0 Å². The zero-order chi connectivity index (χ0) is 20.0. The third-order valence-electron chi connectivity index (χ3n) is 4.14. The number of carbonyl (C=O) groups excluding carboxylic acids is 3. The van der Waals surface area contributed by atoms with Gasteiger partial charge in [0.25, 0.3) is 5.91 Å². The molecular formula is C22H25NO4. The number of nitrogens with one attached hydrogen (secondary N) is 1. The molecule has 1 atom stereocenters. The third kappa shape index (κ3) is 5.78. The summed E-state index contributed by atoms with van der Waals surface area (Å²) in [6.45, 7) is 7.51. The van der Waals surface area contributed by atoms with E-state index in [2.05, 4.69) is 26.1 Å². The fourth-order valence-electron chi connectivity index (χ4n) is 2.51. The van der Waals surface area contributed by atoms with Crippen molar-refractivity contribution in [3.63, 3.8) is 0 Å². The number of benzene rings is 2. The maximum absolute atomic E-state index is 12.4. The van der Waals surface area contributed by atoms with E-state index in [-0.39, 0.29) is 23.7 Å². The summed E-state index contributed by atoms with van der Waals surface area (Å²) in [5.74, 6) is -1.31. The Morgan fingerprint density at radius 3 is 2.07 bits per heavy atom. The van der Waals surface area contributed by atoms with Crippen molar-refractivity contribution in [2.24, 2.45) is 0 Å². The molecule has 0 fully saturated rings. The molecule has 2 aromatic carbocycles. The highest BCUT2D eigenvalue weighted by atomic mass is 16.5. The fraction of sp³-hybridized carbons (Fsp3) is 0.318. The van der Waals surface area contributed by atoms with Crippen LogP contribution < -0.4 is 5.32 Å². The molecule has 1 amide bonds. The maximum atomic E-state index is 12.4. The molecule has 142 valence electrons. The first-order valence-electron chi connectivity index (χ1n) is 8.86. The van der Waals surface area contributed by atoms with Gasteiger partial charge in [0.15, 0.2) is 6.10 Å². The van der Waals surface area contributed by atoms with Gasteiger partial charge in [0.05, 0.1) is 0 Å². The lowest BCUT2D eigenvalue weighted by atomic mass is 9.86. The monoisotopic (exact) mass is 367 g/mol. The standard InChI is InChI=1S/C22H25NO4/c1-15(20(25)16-10-12-18(13-11-16)22(2,3)4)27-19(24)14-23-21(26)17-8-6-5-7-9-17/h5-13,15H,14H2,1-4H3,(H,23,26)/t15-/m0/s1. The Kier molecular flexibility index (Phi) is 6.50. The molecule has 0 unspecified atom stereocenters. The molecule has 2 aromatic rings. The lowest BCUT2D eigenvalue weighted by Crippen LogP contribution is -2.34. The average molecular weight is 367 g/mol. The molecule has 0 aromatic heterocycles. The van der Waals surface area contributed by atoms with Gasteiger partial charge in [-0.15, -0.1) is 0 Å². The second-order valence-corrected chi connectivity index (χ2v) is 7.37. The Hall–Kier alpha value is -2.95. The normalized spacial score (nSPS) is 12.1. The van der Waals surface area contributed by atoms with Crippen molar-refractivity contribution in [1.82, 2.24) is 5.32 Å². The summed E-state index contributed by atoms with van der Waals surface area (Å²) in [4.78, 5) is 36.3. The molecule has 0 radical (unpaired) electrons. The van der Waals surface area contributed by atoms with E-state index in [9.17, 15) is 14.4 Å². The molecule has 2 rings (SSSR count). The van der Waals surface area contributed by atoms with E-state index in [1.807, 2.05) is 12.1 Å². The molecule has 0 spiro atoms. The van der Waals surface area contributed by atoms with Crippen LogP contribution in [0.5, 0.6) is 0 Å². The van der Waals surface area contributed by atoms with Crippen LogP contribution in [0.2, 0.25) is 0 Å². The van der Waals surface area contributed by atoms with Gasteiger partial charge >= 0.3 is 5.97 Å². The number of hydrogen-bond donors (Lipinski definition) is 1. The first kappa shape index (κ1) is 20.4. The lowest BCUT2D eigenvalue weighted by molar-refractivity contribution is -0.145. The van der Waals surface area contributed by atoms with E-state index < -0.39 is 12.1 Å². The summed E-state index contributed by atoms with van der Waals surface area (Å²) in [5, 5.41) is 2.48. The van der Waals surface area contributed by atoms with Crippen molar-refractivity contribution >= 4 is 17.7 Å². The Balaban J connectivity index is 1.88. The van der Waals surface area contributed by atoms with E-state index >= 15 is 0 Å². The molecule has 1 N–H and O–H groups in total. The summed E-state index contributed by atoms with van der Waals surface area (Å²) in [6.07, 6.45) is -0.924. The van der Waals surface area contributed by atoms with E-state index in [1.54, 1.807) is 42.5 Å². The minimum Gasteiger partial charge on any atom is -0.453 e. The number of ketones is 1. The molecule has 0 aliphatic heterocycles. The number of rotatable bonds is 6. The van der Waals surface area contributed by atoms with Crippen molar-refractivity contribution in [2.75, 3.05) is 6.54 Å². The van der Waals surface area contributed by atoms with E-state index in [1.165, 1.54) is 6.92 Å². The van der Waals surface area contributed by atoms with Crippen molar-refractivity contribution in [3.05, 3.63) is 71.3 Å². The first-order chi connectivity index (χ1) is 12.7. The smallest absolute Gasteiger partial charge is 0.326 e. The van der Waals surface area contributed by atoms with Crippen LogP contribution in [0, 0.1) is 0 Å². The molecule has 27 heavy (non-hydrogen) atoms. The van der Waals surface area contributed by atoms with Gasteiger partial charge in [0, 0.05) is 11.1 Å². The quantitative estimate of drug-likeness (QED) is 0.626. The molecule has 5 nitrogen and oxygen atoms in total. The van der Waals surface area contributed by atoms with Crippen LogP contribution in [0.25, 0.3) is 0 Å². The van der Waals surface area contributed by atoms with Crippen molar-refractivity contribution < 1.29 is 19.1 Å². The highest BCUT2D eigenvalue weighted by Crippen LogP contribution is 2.22. The number of amides is 1. The zero-order valence-electron chi connectivity index (χ0n) is 16.1. The summed E-state index contributed by atoms with van der Waals surface area (Å²) >= 11 is 0. The summed E-state index contributed by atoms with van der Waals surface area (Å²) in [6, 6.07) is 15.9. The zero-order valence-corrected chi connectivity index (χ0v) is 16.1. The Morgan fingerprint density at radius 2 is 1.52 bits per heavy atom. The van der Waals surface area contributed by atoms with Gasteiger partial charge in [-0.3, -0.25) is 14.4 Å². The van der Waals surface area contributed by atoms with Crippen molar-refractivity contribution in [1.29, 1.82) is 0 Å². The second-order valence-electron chi connectivity index (χ2n) is 7.37. The van der Waals surface area contributed by atoms with Gasteiger partial charge in [0.1, 0.15) is 6.54 Å². The van der Waals surface area contributed by atoms with Crippen LogP contribution in [0.1, 0.15) is 54.0 Å². The highest BCUT2D eigenvalue weighted by Gasteiger charge is 2.21. The third-order valence-corrected chi connectivity index (χ3v) is 4.14. The van der Waals surface area contributed by atoms with Crippen LogP contribution in [0.3, 0.4) is 0 Å². The summed E-state index contributed by atoms with van der Waals surface area (Å²) in [5.41, 5.74) is 2.05. The Bertz CT molecular complexity index is 804. The van der Waals surface area contributed by atoms with Crippen LogP contribution in [-0.4, -0.2) is 30.3 Å². The van der Waals surface area contributed by atoms with Gasteiger partial charge in [-0.2, -0.15) is 0 Å². The predicted octanol–water partition coefficient (Wildman–Crippen LogP) is 3.53. The molecule has 0 bridgehead atoms. The predicted molar refractivity (Wildman–Crippen MR) is 104 cm³/mol. The van der Waals surface area contributed by atoms with Gasteiger partial charge < -0.3 is 10.1 Å². The number of carbonyl (C=O) groups is 3. The molecule has 0 aliphatic rings. The molecule has 5 heteroatoms. The minimum absolute atomic E-state index is 0.00335. The lowest BCUT2D eigenvalue weighted by Gasteiger charge is -2.19. The van der Waals surface area contributed by atoms with Gasteiger partial charge in [-0.1, -0.05) is 63.2 Å². The summed E-state index contributed by atoms with van der Waals surface area (Å²) in [7, 11) is 0. The van der Waals surface area contributed by atoms with Gasteiger partial charge in [-0.25, -0.2) is 0 Å². The van der Waals surface area contributed by atoms with Crippen molar-refractivity contribution in [3.8, 4) is 0 Å². The minimum atomic E-state index is -0.924. The number of Topliss-reactive ketones (excluding diaryl/α,β-unsaturated/α-hetero) is 1. The Morgan fingerprint density at radius 1 is 0.926 bits per heavy atom. The number of hydrogen-bond acceptors (Lipinski definition) is 4. The van der Waals surface area contributed by atoms with E-state index in [4.69, 9.17) is 4.74 Å². The average Bonchev–Trinajstić information content (AvgIpc) is 2.65. The molecule has 0 heterocycles. The summed E-state index contributed by atoms with van der Waals surface area (Å²) < 4.78 is 5.15. The molecular weight excluding hydrogens is 342 g/mol. The number of esters is 1. The molecule has 0 saturated carbocycles. The maximum Gasteiger partial charge on any atom is 0.326 e. The van der Waals surface area contributed by atoms with Crippen molar-refractivity contribution in [2.45, 2.75) is 39.2 Å². The largest absolute Gasteiger partial charge is 0.453 e. The first-order valence-corrected chi connectivity index (χ1v) is 8.86. The fourth-order valence-corrected chi connectivity index (χ4v) is 2.51. The van der Waals surface area contributed by atoms with E-state index in [0.717, 1.165) is 5.56 Å². The number of ether oxygens (including phenoxy) is 1. The van der Waals surface area contributed by atoms with Crippen LogP contribution in [-0.2, 0) is 14.9 Å². The molecule has 0 saturated heterocycles.